The minimum atomic E-state index is -1.04. The van der Waals surface area contributed by atoms with E-state index in [1.165, 1.54) is 6.07 Å². The van der Waals surface area contributed by atoms with Crippen molar-refractivity contribution in [2.45, 2.75) is 26.9 Å². The summed E-state index contributed by atoms with van der Waals surface area (Å²) < 4.78 is 5.38. The van der Waals surface area contributed by atoms with Crippen LogP contribution in [0.3, 0.4) is 0 Å². The van der Waals surface area contributed by atoms with E-state index in [1.807, 2.05) is 13.8 Å². The molecule has 14 heavy (non-hydrogen) atoms. The molecule has 1 N–H and O–H groups in total. The van der Waals surface area contributed by atoms with Gasteiger partial charge >= 0.3 is 5.97 Å². The van der Waals surface area contributed by atoms with Gasteiger partial charge in [-0.15, -0.1) is 0 Å². The Morgan fingerprint density at radius 3 is 2.64 bits per heavy atom. The molecule has 1 aromatic heterocycles. The molecule has 0 aliphatic carbocycles. The van der Waals surface area contributed by atoms with Crippen molar-refractivity contribution in [3.05, 3.63) is 23.5 Å². The number of carboxylic acid groups (broad SMARTS) is 1. The molecule has 0 bridgehead atoms. The highest BCUT2D eigenvalue weighted by molar-refractivity contribution is 5.85. The van der Waals surface area contributed by atoms with Crippen LogP contribution in [0.25, 0.3) is 0 Å². The number of carbonyl (C=O) groups is 1. The fraction of sp³-hybridized carbons (Fsp3) is 0.400. The Kier molecular flexibility index (Phi) is 3.06. The smallest absolute Gasteiger partial charge is 0.354 e. The van der Waals surface area contributed by atoms with Gasteiger partial charge in [0.25, 0.3) is 0 Å². The highest BCUT2D eigenvalue weighted by Crippen LogP contribution is 2.15. The highest BCUT2D eigenvalue weighted by Gasteiger charge is 2.08. The van der Waals surface area contributed by atoms with Crippen LogP contribution in [-0.2, 0) is 0 Å². The van der Waals surface area contributed by atoms with Crippen molar-refractivity contribution in [1.82, 2.24) is 4.98 Å². The molecule has 0 fully saturated rings. The van der Waals surface area contributed by atoms with E-state index in [1.54, 1.807) is 13.0 Å². The zero-order chi connectivity index (χ0) is 10.7. The Bertz CT molecular complexity index is 347. The van der Waals surface area contributed by atoms with Gasteiger partial charge in [0, 0.05) is 17.8 Å². The number of aromatic nitrogens is 1. The van der Waals surface area contributed by atoms with Crippen LogP contribution in [0.4, 0.5) is 0 Å². The van der Waals surface area contributed by atoms with E-state index >= 15 is 0 Å². The summed E-state index contributed by atoms with van der Waals surface area (Å²) in [4.78, 5) is 14.5. The first-order chi connectivity index (χ1) is 6.49. The highest BCUT2D eigenvalue weighted by atomic mass is 16.5. The van der Waals surface area contributed by atoms with Crippen molar-refractivity contribution in [3.63, 3.8) is 0 Å². The fourth-order valence-corrected chi connectivity index (χ4v) is 1.09. The van der Waals surface area contributed by atoms with Gasteiger partial charge in [0.05, 0.1) is 6.10 Å². The SMILES string of the molecule is Cc1cc(OC(C)C)cc(C(=O)O)n1. The maximum Gasteiger partial charge on any atom is 0.354 e. The van der Waals surface area contributed by atoms with Gasteiger partial charge in [0.1, 0.15) is 5.75 Å². The minimum absolute atomic E-state index is 0.0145. The zero-order valence-electron chi connectivity index (χ0n) is 8.44. The first-order valence-electron chi connectivity index (χ1n) is 4.37. The van der Waals surface area contributed by atoms with Crippen molar-refractivity contribution < 1.29 is 14.6 Å². The molecule has 1 aromatic rings. The molecule has 0 aliphatic heterocycles. The predicted molar refractivity (Wildman–Crippen MR) is 51.7 cm³/mol. The summed E-state index contributed by atoms with van der Waals surface area (Å²) >= 11 is 0. The third-order valence-electron chi connectivity index (χ3n) is 1.52. The van der Waals surface area contributed by atoms with Crippen molar-refractivity contribution in [2.24, 2.45) is 0 Å². The first-order valence-corrected chi connectivity index (χ1v) is 4.37. The molecule has 0 saturated heterocycles. The van der Waals surface area contributed by atoms with Gasteiger partial charge in [-0.05, 0) is 20.8 Å². The van der Waals surface area contributed by atoms with E-state index in [-0.39, 0.29) is 11.8 Å². The number of ether oxygens (including phenoxy) is 1. The molecule has 4 heteroatoms. The van der Waals surface area contributed by atoms with Gasteiger partial charge < -0.3 is 9.84 Å². The standard InChI is InChI=1S/C10H13NO3/c1-6(2)14-8-4-7(3)11-9(5-8)10(12)13/h4-6H,1-3H3,(H,12,13). The third kappa shape index (κ3) is 2.73. The zero-order valence-corrected chi connectivity index (χ0v) is 8.44. The average molecular weight is 195 g/mol. The number of aromatic carboxylic acids is 1. The monoisotopic (exact) mass is 195 g/mol. The number of rotatable bonds is 3. The van der Waals surface area contributed by atoms with E-state index in [9.17, 15) is 4.79 Å². The molecule has 4 nitrogen and oxygen atoms in total. The molecular formula is C10H13NO3. The van der Waals surface area contributed by atoms with Crippen LogP contribution >= 0.6 is 0 Å². The van der Waals surface area contributed by atoms with Crippen molar-refractivity contribution >= 4 is 5.97 Å². The Labute approximate surface area is 82.5 Å². The predicted octanol–water partition coefficient (Wildman–Crippen LogP) is 1.88. The second kappa shape index (κ2) is 4.09. The summed E-state index contributed by atoms with van der Waals surface area (Å²) in [6.07, 6.45) is 0.0263. The number of pyridine rings is 1. The Balaban J connectivity index is 3.01. The lowest BCUT2D eigenvalue weighted by Crippen LogP contribution is -2.08. The molecular weight excluding hydrogens is 182 g/mol. The summed E-state index contributed by atoms with van der Waals surface area (Å²) in [7, 11) is 0. The van der Waals surface area contributed by atoms with Crippen molar-refractivity contribution in [3.8, 4) is 5.75 Å². The minimum Gasteiger partial charge on any atom is -0.491 e. The number of aryl methyl sites for hydroxylation is 1. The topological polar surface area (TPSA) is 59.4 Å². The molecule has 0 saturated carbocycles. The molecule has 0 aliphatic rings. The normalized spacial score (nSPS) is 10.3. The van der Waals surface area contributed by atoms with Gasteiger partial charge in [-0.2, -0.15) is 0 Å². The molecule has 1 heterocycles. The third-order valence-corrected chi connectivity index (χ3v) is 1.52. The van der Waals surface area contributed by atoms with Crippen LogP contribution in [0.5, 0.6) is 5.75 Å². The number of carboxylic acids is 1. The molecule has 0 amide bonds. The molecule has 1 rings (SSSR count). The van der Waals surface area contributed by atoms with Crippen LogP contribution in [0.1, 0.15) is 30.0 Å². The molecule has 0 aromatic carbocycles. The van der Waals surface area contributed by atoms with Gasteiger partial charge in [0.2, 0.25) is 0 Å². The Morgan fingerprint density at radius 2 is 2.14 bits per heavy atom. The lowest BCUT2D eigenvalue weighted by Gasteiger charge is -2.10. The number of nitrogens with zero attached hydrogens (tertiary/aromatic N) is 1. The summed E-state index contributed by atoms with van der Waals surface area (Å²) in [5.41, 5.74) is 0.654. The van der Waals surface area contributed by atoms with Crippen LogP contribution in [0.2, 0.25) is 0 Å². The van der Waals surface area contributed by atoms with E-state index in [0.29, 0.717) is 11.4 Å². The second-order valence-electron chi connectivity index (χ2n) is 3.30. The van der Waals surface area contributed by atoms with Gasteiger partial charge in [-0.25, -0.2) is 9.78 Å². The lowest BCUT2D eigenvalue weighted by atomic mass is 10.3. The molecule has 0 unspecified atom stereocenters. The van der Waals surface area contributed by atoms with E-state index in [0.717, 1.165) is 0 Å². The van der Waals surface area contributed by atoms with Crippen molar-refractivity contribution in [1.29, 1.82) is 0 Å². The Hall–Kier alpha value is -1.58. The van der Waals surface area contributed by atoms with E-state index in [2.05, 4.69) is 4.98 Å². The summed E-state index contributed by atoms with van der Waals surface area (Å²) in [6.45, 7) is 5.51. The van der Waals surface area contributed by atoms with Gasteiger partial charge in [-0.1, -0.05) is 0 Å². The quantitative estimate of drug-likeness (QED) is 0.799. The van der Waals surface area contributed by atoms with Gasteiger partial charge in [-0.3, -0.25) is 0 Å². The number of hydrogen-bond acceptors (Lipinski definition) is 3. The Morgan fingerprint density at radius 1 is 1.50 bits per heavy atom. The first kappa shape index (κ1) is 10.5. The molecule has 0 spiro atoms. The van der Waals surface area contributed by atoms with Crippen LogP contribution in [0.15, 0.2) is 12.1 Å². The maximum absolute atomic E-state index is 10.7. The van der Waals surface area contributed by atoms with Crippen molar-refractivity contribution in [2.75, 3.05) is 0 Å². The fourth-order valence-electron chi connectivity index (χ4n) is 1.09. The van der Waals surface area contributed by atoms with E-state index in [4.69, 9.17) is 9.84 Å². The molecule has 0 atom stereocenters. The number of hydrogen-bond donors (Lipinski definition) is 1. The molecule has 76 valence electrons. The van der Waals surface area contributed by atoms with Gasteiger partial charge in [0.15, 0.2) is 5.69 Å². The average Bonchev–Trinajstić information content (AvgIpc) is 2.01. The largest absolute Gasteiger partial charge is 0.491 e. The van der Waals surface area contributed by atoms with Crippen LogP contribution < -0.4 is 4.74 Å². The van der Waals surface area contributed by atoms with Crippen LogP contribution in [-0.4, -0.2) is 22.2 Å². The maximum atomic E-state index is 10.7. The lowest BCUT2D eigenvalue weighted by molar-refractivity contribution is 0.0689. The summed E-state index contributed by atoms with van der Waals surface area (Å²) in [5, 5.41) is 8.75. The van der Waals surface area contributed by atoms with E-state index < -0.39 is 5.97 Å². The van der Waals surface area contributed by atoms with Crippen LogP contribution in [0, 0.1) is 6.92 Å². The molecule has 0 radical (unpaired) electrons. The second-order valence-corrected chi connectivity index (χ2v) is 3.30. The summed E-state index contributed by atoms with van der Waals surface area (Å²) in [6, 6.07) is 3.14. The summed E-state index contributed by atoms with van der Waals surface area (Å²) in [5.74, 6) is -0.493.